The number of nitrogens with one attached hydrogen (secondary N) is 1. The lowest BCUT2D eigenvalue weighted by Crippen LogP contribution is -2.27. The van der Waals surface area contributed by atoms with Crippen LogP contribution in [0.15, 0.2) is 0 Å². The van der Waals surface area contributed by atoms with Crippen molar-refractivity contribution in [2.45, 2.75) is 45.6 Å². The average molecular weight is 223 g/mol. The molecule has 0 aromatic carbocycles. The summed E-state index contributed by atoms with van der Waals surface area (Å²) in [5.74, 6) is 0.207. The fourth-order valence-corrected chi connectivity index (χ4v) is 2.30. The van der Waals surface area contributed by atoms with E-state index in [1.165, 1.54) is 0 Å². The molecule has 1 atom stereocenters. The minimum absolute atomic E-state index is 0.207. The quantitative estimate of drug-likeness (QED) is 0.600. The number of hydrogen-bond donors (Lipinski definition) is 2. The minimum Gasteiger partial charge on any atom is -0.393 e. The van der Waals surface area contributed by atoms with E-state index in [4.69, 9.17) is 5.11 Å². The third-order valence-electron chi connectivity index (χ3n) is 1.89. The summed E-state index contributed by atoms with van der Waals surface area (Å²) in [7, 11) is -3.07. The largest absolute Gasteiger partial charge is 0.393 e. The van der Waals surface area contributed by atoms with Gasteiger partial charge in [0.15, 0.2) is 0 Å². The standard InChI is InChI=1S/C9H21NO3S/c1-3-4-8-14(12,13)10-7-5-6-9(2)11/h9-11H,3-8H2,1-2H3. The Morgan fingerprint density at radius 1 is 1.36 bits per heavy atom. The van der Waals surface area contributed by atoms with Gasteiger partial charge in [0.1, 0.15) is 0 Å². The zero-order valence-corrected chi connectivity index (χ0v) is 9.81. The van der Waals surface area contributed by atoms with Crippen molar-refractivity contribution in [2.24, 2.45) is 0 Å². The van der Waals surface area contributed by atoms with Gasteiger partial charge in [-0.25, -0.2) is 13.1 Å². The summed E-state index contributed by atoms with van der Waals surface area (Å²) < 4.78 is 25.0. The van der Waals surface area contributed by atoms with Gasteiger partial charge in [0, 0.05) is 6.54 Å². The van der Waals surface area contributed by atoms with Crippen molar-refractivity contribution in [3.63, 3.8) is 0 Å². The predicted molar refractivity (Wildman–Crippen MR) is 57.6 cm³/mol. The third kappa shape index (κ3) is 8.47. The Hall–Kier alpha value is -0.130. The van der Waals surface area contributed by atoms with Crippen LogP contribution in [0.1, 0.15) is 39.5 Å². The lowest BCUT2D eigenvalue weighted by atomic mass is 10.2. The lowest BCUT2D eigenvalue weighted by molar-refractivity contribution is 0.182. The molecule has 0 saturated carbocycles. The summed E-state index contributed by atoms with van der Waals surface area (Å²) in [6, 6.07) is 0. The van der Waals surface area contributed by atoms with E-state index in [1.807, 2.05) is 6.92 Å². The molecule has 1 unspecified atom stereocenters. The molecular weight excluding hydrogens is 202 g/mol. The number of aliphatic hydroxyl groups is 1. The summed E-state index contributed by atoms with van der Waals surface area (Å²) in [6.07, 6.45) is 2.55. The van der Waals surface area contributed by atoms with Crippen LogP contribution in [-0.4, -0.2) is 31.9 Å². The number of aliphatic hydroxyl groups excluding tert-OH is 1. The van der Waals surface area contributed by atoms with Gasteiger partial charge in [0.05, 0.1) is 11.9 Å². The smallest absolute Gasteiger partial charge is 0.211 e. The molecule has 0 radical (unpaired) electrons. The molecule has 14 heavy (non-hydrogen) atoms. The van der Waals surface area contributed by atoms with Gasteiger partial charge in [-0.3, -0.25) is 0 Å². The minimum atomic E-state index is -3.07. The first kappa shape index (κ1) is 13.9. The molecule has 2 N–H and O–H groups in total. The highest BCUT2D eigenvalue weighted by atomic mass is 32.2. The van der Waals surface area contributed by atoms with Crippen LogP contribution >= 0.6 is 0 Å². The van der Waals surface area contributed by atoms with Gasteiger partial charge in [-0.1, -0.05) is 13.3 Å². The summed E-state index contributed by atoms with van der Waals surface area (Å²) in [5, 5.41) is 8.95. The van der Waals surface area contributed by atoms with E-state index < -0.39 is 10.0 Å². The van der Waals surface area contributed by atoms with Crippen molar-refractivity contribution in [1.29, 1.82) is 0 Å². The molecule has 0 amide bonds. The van der Waals surface area contributed by atoms with Gasteiger partial charge in [-0.2, -0.15) is 0 Å². The molecule has 0 rings (SSSR count). The fraction of sp³-hybridized carbons (Fsp3) is 1.00. The number of hydrogen-bond acceptors (Lipinski definition) is 3. The number of rotatable bonds is 8. The molecule has 0 aliphatic rings. The molecule has 0 spiro atoms. The molecule has 0 aromatic heterocycles. The van der Waals surface area contributed by atoms with Crippen molar-refractivity contribution < 1.29 is 13.5 Å². The van der Waals surface area contributed by atoms with Crippen LogP contribution in [0.4, 0.5) is 0 Å². The van der Waals surface area contributed by atoms with Gasteiger partial charge in [0.25, 0.3) is 0 Å². The summed E-state index contributed by atoms with van der Waals surface area (Å²) in [5.41, 5.74) is 0. The van der Waals surface area contributed by atoms with Gasteiger partial charge < -0.3 is 5.11 Å². The van der Waals surface area contributed by atoms with Gasteiger partial charge in [-0.15, -0.1) is 0 Å². The summed E-state index contributed by atoms with van der Waals surface area (Å²) in [6.45, 7) is 4.09. The fourth-order valence-electron chi connectivity index (χ4n) is 1.03. The first-order chi connectivity index (χ1) is 6.48. The van der Waals surface area contributed by atoms with Crippen molar-refractivity contribution in [2.75, 3.05) is 12.3 Å². The van der Waals surface area contributed by atoms with Gasteiger partial charge in [0.2, 0.25) is 10.0 Å². The molecule has 4 nitrogen and oxygen atoms in total. The Balaban J connectivity index is 3.56. The molecule has 0 bridgehead atoms. The van der Waals surface area contributed by atoms with Crippen molar-refractivity contribution in [3.05, 3.63) is 0 Å². The zero-order valence-electron chi connectivity index (χ0n) is 8.99. The Kier molecular flexibility index (Phi) is 7.13. The molecule has 86 valence electrons. The molecule has 0 aromatic rings. The SMILES string of the molecule is CCCCS(=O)(=O)NCCCC(C)O. The van der Waals surface area contributed by atoms with E-state index in [1.54, 1.807) is 6.92 Å². The monoisotopic (exact) mass is 223 g/mol. The number of unbranched alkanes of at least 4 members (excludes halogenated alkanes) is 1. The Labute approximate surface area is 86.8 Å². The van der Waals surface area contributed by atoms with E-state index in [2.05, 4.69) is 4.72 Å². The van der Waals surface area contributed by atoms with Crippen LogP contribution < -0.4 is 4.72 Å². The van der Waals surface area contributed by atoms with Gasteiger partial charge >= 0.3 is 0 Å². The second-order valence-corrected chi connectivity index (χ2v) is 5.48. The normalized spacial score (nSPS) is 14.2. The third-order valence-corrected chi connectivity index (χ3v) is 3.36. The molecule has 0 fully saturated rings. The van der Waals surface area contributed by atoms with Crippen LogP contribution in [0.5, 0.6) is 0 Å². The van der Waals surface area contributed by atoms with E-state index in [-0.39, 0.29) is 11.9 Å². The van der Waals surface area contributed by atoms with E-state index in [0.717, 1.165) is 6.42 Å². The van der Waals surface area contributed by atoms with Crippen LogP contribution in [0, 0.1) is 0 Å². The van der Waals surface area contributed by atoms with Crippen molar-refractivity contribution in [1.82, 2.24) is 4.72 Å². The van der Waals surface area contributed by atoms with Crippen LogP contribution in [-0.2, 0) is 10.0 Å². The van der Waals surface area contributed by atoms with E-state index in [0.29, 0.717) is 25.8 Å². The topological polar surface area (TPSA) is 66.4 Å². The van der Waals surface area contributed by atoms with E-state index in [9.17, 15) is 8.42 Å². The van der Waals surface area contributed by atoms with Crippen LogP contribution in [0.2, 0.25) is 0 Å². The zero-order chi connectivity index (χ0) is 11.0. The highest BCUT2D eigenvalue weighted by molar-refractivity contribution is 7.89. The second kappa shape index (κ2) is 7.20. The molecular formula is C9H21NO3S. The molecule has 0 heterocycles. The van der Waals surface area contributed by atoms with Gasteiger partial charge in [-0.05, 0) is 26.2 Å². The summed E-state index contributed by atoms with van der Waals surface area (Å²) in [4.78, 5) is 0. The Bertz CT molecular complexity index is 224. The van der Waals surface area contributed by atoms with Crippen LogP contribution in [0.3, 0.4) is 0 Å². The highest BCUT2D eigenvalue weighted by Crippen LogP contribution is 1.97. The summed E-state index contributed by atoms with van der Waals surface area (Å²) >= 11 is 0. The average Bonchev–Trinajstić information content (AvgIpc) is 2.09. The van der Waals surface area contributed by atoms with E-state index >= 15 is 0 Å². The molecule has 0 saturated heterocycles. The second-order valence-electron chi connectivity index (χ2n) is 3.56. The van der Waals surface area contributed by atoms with Crippen molar-refractivity contribution in [3.8, 4) is 0 Å². The maximum Gasteiger partial charge on any atom is 0.211 e. The first-order valence-corrected chi connectivity index (χ1v) is 6.78. The Morgan fingerprint density at radius 3 is 2.50 bits per heavy atom. The van der Waals surface area contributed by atoms with Crippen molar-refractivity contribution >= 4 is 10.0 Å². The first-order valence-electron chi connectivity index (χ1n) is 5.13. The Morgan fingerprint density at radius 2 is 2.00 bits per heavy atom. The predicted octanol–water partition coefficient (Wildman–Crippen LogP) is 0.867. The van der Waals surface area contributed by atoms with Crippen LogP contribution in [0.25, 0.3) is 0 Å². The molecule has 5 heteroatoms. The highest BCUT2D eigenvalue weighted by Gasteiger charge is 2.07. The molecule has 0 aliphatic carbocycles. The maximum absolute atomic E-state index is 11.3. The maximum atomic E-state index is 11.3. The molecule has 0 aliphatic heterocycles. The number of sulfonamides is 1. The lowest BCUT2D eigenvalue weighted by Gasteiger charge is -2.06.